The Morgan fingerprint density at radius 1 is 1.41 bits per heavy atom. The van der Waals surface area contributed by atoms with Crippen LogP contribution in [0.3, 0.4) is 0 Å². The molecular weight excluding hydrogens is 359 g/mol. The van der Waals surface area contributed by atoms with Gasteiger partial charge in [-0.3, -0.25) is 4.79 Å². The fourth-order valence-electron chi connectivity index (χ4n) is 4.01. The standard InChI is InChI=1S/C19H22F3N3O2/c1-3-12-8-14(19(20,21)22)15-16(24-27-17(15)23-12)11-5-4-6-25(9-11)18(26)13-7-10(13)2/h8,10-11,13H,3-7,9H2,1-2H3/t10-,11+,13+/m0/s1. The van der Waals surface area contributed by atoms with Gasteiger partial charge >= 0.3 is 6.18 Å². The number of hydrogen-bond donors (Lipinski definition) is 0. The summed E-state index contributed by atoms with van der Waals surface area (Å²) < 4.78 is 46.2. The minimum Gasteiger partial charge on any atom is -0.342 e. The molecule has 1 aliphatic heterocycles. The van der Waals surface area contributed by atoms with Crippen molar-refractivity contribution in [2.24, 2.45) is 11.8 Å². The van der Waals surface area contributed by atoms with E-state index in [0.717, 1.165) is 18.9 Å². The van der Waals surface area contributed by atoms with Crippen molar-refractivity contribution in [3.8, 4) is 0 Å². The highest BCUT2D eigenvalue weighted by atomic mass is 19.4. The van der Waals surface area contributed by atoms with Crippen molar-refractivity contribution in [1.29, 1.82) is 0 Å². The van der Waals surface area contributed by atoms with Gasteiger partial charge in [0, 0.05) is 30.6 Å². The summed E-state index contributed by atoms with van der Waals surface area (Å²) in [7, 11) is 0. The van der Waals surface area contributed by atoms with E-state index in [2.05, 4.69) is 10.1 Å². The van der Waals surface area contributed by atoms with Gasteiger partial charge < -0.3 is 9.42 Å². The lowest BCUT2D eigenvalue weighted by Gasteiger charge is -2.32. The number of nitrogens with zero attached hydrogens (tertiary/aromatic N) is 3. The molecule has 1 amide bonds. The maximum atomic E-state index is 13.7. The molecule has 2 aromatic heterocycles. The third-order valence-electron chi connectivity index (χ3n) is 5.74. The Labute approximate surface area is 154 Å². The van der Waals surface area contributed by atoms with Gasteiger partial charge in [-0.1, -0.05) is 19.0 Å². The van der Waals surface area contributed by atoms with E-state index >= 15 is 0 Å². The number of pyridine rings is 1. The quantitative estimate of drug-likeness (QED) is 0.801. The van der Waals surface area contributed by atoms with E-state index in [4.69, 9.17) is 4.52 Å². The number of likely N-dealkylation sites (tertiary alicyclic amines) is 1. The maximum absolute atomic E-state index is 13.7. The van der Waals surface area contributed by atoms with Crippen LogP contribution in [0.15, 0.2) is 10.6 Å². The van der Waals surface area contributed by atoms with Gasteiger partial charge in [-0.2, -0.15) is 13.2 Å². The summed E-state index contributed by atoms with van der Waals surface area (Å²) in [4.78, 5) is 18.5. The Morgan fingerprint density at radius 2 is 2.15 bits per heavy atom. The fourth-order valence-corrected chi connectivity index (χ4v) is 4.01. The fraction of sp³-hybridized carbons (Fsp3) is 0.632. The third-order valence-corrected chi connectivity index (χ3v) is 5.74. The number of amides is 1. The minimum atomic E-state index is -4.51. The molecule has 0 bridgehead atoms. The van der Waals surface area contributed by atoms with Gasteiger partial charge in [0.1, 0.15) is 0 Å². The van der Waals surface area contributed by atoms with E-state index in [9.17, 15) is 18.0 Å². The number of hydrogen-bond acceptors (Lipinski definition) is 4. The summed E-state index contributed by atoms with van der Waals surface area (Å²) in [6, 6.07) is 1.08. The van der Waals surface area contributed by atoms with Gasteiger partial charge in [0.2, 0.25) is 5.91 Å². The summed E-state index contributed by atoms with van der Waals surface area (Å²) in [5, 5.41) is 3.91. The number of piperidine rings is 1. The van der Waals surface area contributed by atoms with Crippen molar-refractivity contribution < 1.29 is 22.5 Å². The van der Waals surface area contributed by atoms with Crippen LogP contribution in [0.4, 0.5) is 13.2 Å². The smallest absolute Gasteiger partial charge is 0.342 e. The highest BCUT2D eigenvalue weighted by Crippen LogP contribution is 2.42. The second-order valence-electron chi connectivity index (χ2n) is 7.70. The molecule has 5 nitrogen and oxygen atoms in total. The van der Waals surface area contributed by atoms with Crippen molar-refractivity contribution in [3.05, 3.63) is 23.0 Å². The second-order valence-corrected chi connectivity index (χ2v) is 7.70. The van der Waals surface area contributed by atoms with Crippen LogP contribution in [0.1, 0.15) is 56.0 Å². The molecule has 2 aliphatic rings. The zero-order chi connectivity index (χ0) is 19.3. The number of carbonyl (C=O) groups excluding carboxylic acids is 1. The van der Waals surface area contributed by atoms with Crippen LogP contribution in [-0.2, 0) is 17.4 Å². The van der Waals surface area contributed by atoms with Gasteiger partial charge in [0.15, 0.2) is 0 Å². The molecule has 27 heavy (non-hydrogen) atoms. The molecule has 2 fully saturated rings. The zero-order valence-electron chi connectivity index (χ0n) is 15.3. The van der Waals surface area contributed by atoms with Crippen LogP contribution < -0.4 is 0 Å². The predicted octanol–water partition coefficient (Wildman–Crippen LogP) is 4.17. The first kappa shape index (κ1) is 18.3. The van der Waals surface area contributed by atoms with Crippen molar-refractivity contribution in [1.82, 2.24) is 15.0 Å². The van der Waals surface area contributed by atoms with Crippen molar-refractivity contribution in [2.75, 3.05) is 13.1 Å². The normalized spacial score (nSPS) is 25.8. The highest BCUT2D eigenvalue weighted by molar-refractivity contribution is 5.83. The number of halogens is 3. The molecule has 2 aromatic rings. The van der Waals surface area contributed by atoms with E-state index in [1.54, 1.807) is 11.8 Å². The molecule has 0 radical (unpaired) electrons. The molecule has 0 spiro atoms. The largest absolute Gasteiger partial charge is 0.417 e. The van der Waals surface area contributed by atoms with Gasteiger partial charge in [0.05, 0.1) is 16.6 Å². The first-order chi connectivity index (χ1) is 12.8. The average molecular weight is 381 g/mol. The third kappa shape index (κ3) is 3.30. The maximum Gasteiger partial charge on any atom is 0.417 e. The summed E-state index contributed by atoms with van der Waals surface area (Å²) in [5.41, 5.74) is -0.231. The van der Waals surface area contributed by atoms with Crippen LogP contribution in [0.5, 0.6) is 0 Å². The van der Waals surface area contributed by atoms with Gasteiger partial charge in [-0.15, -0.1) is 0 Å². The molecule has 1 saturated heterocycles. The van der Waals surface area contributed by atoms with Crippen LogP contribution in [0.2, 0.25) is 0 Å². The van der Waals surface area contributed by atoms with Gasteiger partial charge in [-0.05, 0) is 37.7 Å². The lowest BCUT2D eigenvalue weighted by Crippen LogP contribution is -2.40. The molecule has 0 aromatic carbocycles. The predicted molar refractivity (Wildman–Crippen MR) is 92.0 cm³/mol. The zero-order valence-corrected chi connectivity index (χ0v) is 15.3. The summed E-state index contributed by atoms with van der Waals surface area (Å²) in [5.74, 6) is 0.312. The number of aromatic nitrogens is 2. The minimum absolute atomic E-state index is 0.0567. The van der Waals surface area contributed by atoms with Gasteiger partial charge in [0.25, 0.3) is 5.71 Å². The number of rotatable bonds is 3. The number of fused-ring (bicyclic) bond motifs is 1. The molecule has 8 heteroatoms. The molecular formula is C19H22F3N3O2. The van der Waals surface area contributed by atoms with E-state index in [-0.39, 0.29) is 34.5 Å². The van der Waals surface area contributed by atoms with E-state index in [1.165, 1.54) is 0 Å². The van der Waals surface area contributed by atoms with Crippen LogP contribution in [0, 0.1) is 11.8 Å². The number of alkyl halides is 3. The molecule has 1 aliphatic carbocycles. The molecule has 0 N–H and O–H groups in total. The molecule has 0 unspecified atom stereocenters. The summed E-state index contributed by atoms with van der Waals surface area (Å²) in [6.07, 6.45) is -1.82. The molecule has 1 saturated carbocycles. The van der Waals surface area contributed by atoms with Gasteiger partial charge in [-0.25, -0.2) is 4.98 Å². The molecule has 4 rings (SSSR count). The first-order valence-corrected chi connectivity index (χ1v) is 9.44. The molecule has 146 valence electrons. The Hall–Kier alpha value is -2.12. The average Bonchev–Trinajstić information content (AvgIpc) is 3.22. The summed E-state index contributed by atoms with van der Waals surface area (Å²) >= 11 is 0. The Morgan fingerprint density at radius 3 is 2.78 bits per heavy atom. The van der Waals surface area contributed by atoms with Crippen molar-refractivity contribution >= 4 is 17.0 Å². The van der Waals surface area contributed by atoms with Crippen LogP contribution >= 0.6 is 0 Å². The Bertz CT molecular complexity index is 877. The number of aryl methyl sites for hydroxylation is 1. The Balaban J connectivity index is 1.70. The Kier molecular flexibility index (Phi) is 4.39. The second kappa shape index (κ2) is 6.49. The lowest BCUT2D eigenvalue weighted by molar-refractivity contribution is -0.136. The highest BCUT2D eigenvalue weighted by Gasteiger charge is 2.43. The van der Waals surface area contributed by atoms with E-state index < -0.39 is 11.7 Å². The van der Waals surface area contributed by atoms with E-state index in [0.29, 0.717) is 37.5 Å². The van der Waals surface area contributed by atoms with Crippen molar-refractivity contribution in [2.45, 2.75) is 51.6 Å². The topological polar surface area (TPSA) is 59.2 Å². The van der Waals surface area contributed by atoms with Crippen LogP contribution in [-0.4, -0.2) is 34.0 Å². The van der Waals surface area contributed by atoms with Crippen molar-refractivity contribution in [3.63, 3.8) is 0 Å². The monoisotopic (exact) mass is 381 g/mol. The SMILES string of the molecule is CCc1cc(C(F)(F)F)c2c([C@@H]3CCCN(C(=O)[C@@H]4C[C@@H]4C)C3)noc2n1. The summed E-state index contributed by atoms with van der Waals surface area (Å²) in [6.45, 7) is 4.83. The molecule has 3 atom stereocenters. The first-order valence-electron chi connectivity index (χ1n) is 9.44. The van der Waals surface area contributed by atoms with E-state index in [1.807, 2.05) is 6.92 Å². The lowest BCUT2D eigenvalue weighted by atomic mass is 9.91. The number of carbonyl (C=O) groups is 1. The molecule has 3 heterocycles. The van der Waals surface area contributed by atoms with Crippen LogP contribution in [0.25, 0.3) is 11.1 Å².